The van der Waals surface area contributed by atoms with E-state index in [2.05, 4.69) is 36.3 Å². The maximum absolute atomic E-state index is 13.5. The van der Waals surface area contributed by atoms with E-state index in [0.29, 0.717) is 48.9 Å². The lowest BCUT2D eigenvalue weighted by atomic mass is 9.86. The van der Waals surface area contributed by atoms with Crippen molar-refractivity contribution in [2.45, 2.75) is 64.7 Å². The summed E-state index contributed by atoms with van der Waals surface area (Å²) in [6.07, 6.45) is 6.42. The van der Waals surface area contributed by atoms with Crippen molar-refractivity contribution in [1.82, 2.24) is 15.1 Å². The van der Waals surface area contributed by atoms with Gasteiger partial charge in [-0.1, -0.05) is 52.2 Å². The third kappa shape index (κ3) is 7.14. The minimum Gasteiger partial charge on any atom is -0.368 e. The molecule has 1 saturated carbocycles. The van der Waals surface area contributed by atoms with Crippen LogP contribution in [0.25, 0.3) is 0 Å². The van der Waals surface area contributed by atoms with Gasteiger partial charge in [0.25, 0.3) is 11.8 Å². The number of carbonyl (C=O) groups excluding carboxylic acids is 3. The van der Waals surface area contributed by atoms with Crippen LogP contribution in [0.4, 0.5) is 11.4 Å². The van der Waals surface area contributed by atoms with Gasteiger partial charge in [-0.05, 0) is 60.6 Å². The van der Waals surface area contributed by atoms with E-state index >= 15 is 0 Å². The van der Waals surface area contributed by atoms with Crippen LogP contribution in [-0.4, -0.2) is 79.9 Å². The van der Waals surface area contributed by atoms with Crippen LogP contribution < -0.4 is 15.5 Å². The summed E-state index contributed by atoms with van der Waals surface area (Å²) in [5.74, 6) is 0.251. The molecular formula is C34H47N5O3. The summed E-state index contributed by atoms with van der Waals surface area (Å²) < 4.78 is 0. The molecule has 0 aromatic heterocycles. The molecule has 226 valence electrons. The number of benzene rings is 2. The largest absolute Gasteiger partial charge is 0.368 e. The Morgan fingerprint density at radius 1 is 0.762 bits per heavy atom. The Morgan fingerprint density at radius 3 is 2.14 bits per heavy atom. The smallest absolute Gasteiger partial charge is 0.255 e. The van der Waals surface area contributed by atoms with E-state index in [4.69, 9.17) is 0 Å². The van der Waals surface area contributed by atoms with Gasteiger partial charge in [0.05, 0.1) is 11.4 Å². The summed E-state index contributed by atoms with van der Waals surface area (Å²) in [4.78, 5) is 46.3. The first-order chi connectivity index (χ1) is 20.2. The predicted molar refractivity (Wildman–Crippen MR) is 168 cm³/mol. The Hall–Kier alpha value is -3.39. The van der Waals surface area contributed by atoms with Gasteiger partial charge in [-0.2, -0.15) is 0 Å². The highest BCUT2D eigenvalue weighted by Gasteiger charge is 2.28. The molecule has 2 aromatic carbocycles. The molecule has 0 bridgehead atoms. The predicted octanol–water partition coefficient (Wildman–Crippen LogP) is 4.90. The number of hydrogen-bond acceptors (Lipinski definition) is 5. The first-order valence-corrected chi connectivity index (χ1v) is 15.8. The molecule has 0 radical (unpaired) electrons. The van der Waals surface area contributed by atoms with E-state index in [1.165, 1.54) is 12.0 Å². The fourth-order valence-electron chi connectivity index (χ4n) is 6.40. The highest BCUT2D eigenvalue weighted by molar-refractivity contribution is 6.07. The molecule has 42 heavy (non-hydrogen) atoms. The summed E-state index contributed by atoms with van der Waals surface area (Å²) in [5, 5.41) is 6.44. The van der Waals surface area contributed by atoms with E-state index in [9.17, 15) is 14.4 Å². The maximum atomic E-state index is 13.5. The van der Waals surface area contributed by atoms with Crippen molar-refractivity contribution < 1.29 is 14.4 Å². The SMILES string of the molecule is CC(C)(C)c1ccc(C(=O)Nc2cc(C(=O)N3CCNCC3)ccc2N2CCCN(C(=O)C3CCCCC3)CC2)cc1. The molecule has 2 saturated heterocycles. The molecule has 3 aliphatic rings. The van der Waals surface area contributed by atoms with Gasteiger partial charge in [-0.15, -0.1) is 0 Å². The van der Waals surface area contributed by atoms with E-state index in [-0.39, 0.29) is 23.1 Å². The van der Waals surface area contributed by atoms with E-state index in [0.717, 1.165) is 64.0 Å². The van der Waals surface area contributed by atoms with Crippen molar-refractivity contribution in [2.75, 3.05) is 62.6 Å². The zero-order valence-corrected chi connectivity index (χ0v) is 25.6. The zero-order chi connectivity index (χ0) is 29.7. The number of carbonyl (C=O) groups is 3. The van der Waals surface area contributed by atoms with E-state index in [1.807, 2.05) is 52.3 Å². The van der Waals surface area contributed by atoms with Crippen LogP contribution in [0.15, 0.2) is 42.5 Å². The fraction of sp³-hybridized carbons (Fsp3) is 0.559. The molecule has 0 spiro atoms. The molecule has 3 amide bonds. The Bertz CT molecular complexity index is 1260. The van der Waals surface area contributed by atoms with Gasteiger partial charge in [0.1, 0.15) is 0 Å². The molecule has 2 heterocycles. The number of hydrogen-bond donors (Lipinski definition) is 2. The van der Waals surface area contributed by atoms with Crippen molar-refractivity contribution in [1.29, 1.82) is 0 Å². The molecule has 0 unspecified atom stereocenters. The van der Waals surface area contributed by atoms with Crippen LogP contribution in [0.3, 0.4) is 0 Å². The van der Waals surface area contributed by atoms with E-state index < -0.39 is 0 Å². The maximum Gasteiger partial charge on any atom is 0.255 e. The molecule has 0 atom stereocenters. The number of amides is 3. The minimum absolute atomic E-state index is 0.000136. The average molecular weight is 574 g/mol. The van der Waals surface area contributed by atoms with Crippen molar-refractivity contribution in [2.24, 2.45) is 5.92 Å². The standard InChI is InChI=1S/C34H47N5O3/c1-34(2,3)28-13-10-25(11-14-28)31(40)36-29-24-27(33(42)39-20-16-35-17-21-39)12-15-30(29)37-18-7-19-38(23-22-37)32(41)26-8-5-4-6-9-26/h10-15,24,26,35H,4-9,16-23H2,1-3H3,(H,36,40). The molecule has 8 nitrogen and oxygen atoms in total. The Morgan fingerprint density at radius 2 is 1.45 bits per heavy atom. The first kappa shape index (κ1) is 30.1. The van der Waals surface area contributed by atoms with Gasteiger partial charge in [-0.3, -0.25) is 14.4 Å². The van der Waals surface area contributed by atoms with Crippen LogP contribution in [-0.2, 0) is 10.2 Å². The van der Waals surface area contributed by atoms with Crippen molar-refractivity contribution in [3.05, 3.63) is 59.2 Å². The second-order valence-electron chi connectivity index (χ2n) is 13.1. The van der Waals surface area contributed by atoms with Gasteiger partial charge in [-0.25, -0.2) is 0 Å². The number of anilines is 2. The Labute approximate surface area is 250 Å². The van der Waals surface area contributed by atoms with Crippen LogP contribution in [0, 0.1) is 5.92 Å². The minimum atomic E-state index is -0.201. The Balaban J connectivity index is 1.37. The van der Waals surface area contributed by atoms with Crippen LogP contribution in [0.2, 0.25) is 0 Å². The molecule has 3 fully saturated rings. The third-order valence-electron chi connectivity index (χ3n) is 9.01. The molecule has 1 aliphatic carbocycles. The van der Waals surface area contributed by atoms with Crippen LogP contribution in [0.1, 0.15) is 85.6 Å². The molecule has 2 N–H and O–H groups in total. The summed E-state index contributed by atoms with van der Waals surface area (Å²) in [5.41, 5.74) is 3.84. The molecule has 2 aliphatic heterocycles. The van der Waals surface area contributed by atoms with Gasteiger partial charge in [0.2, 0.25) is 5.91 Å². The number of nitrogens with one attached hydrogen (secondary N) is 2. The highest BCUT2D eigenvalue weighted by atomic mass is 16.2. The Kier molecular flexibility index (Phi) is 9.51. The zero-order valence-electron chi connectivity index (χ0n) is 25.6. The molecular weight excluding hydrogens is 526 g/mol. The molecule has 8 heteroatoms. The van der Waals surface area contributed by atoms with Gasteiger partial charge in [0, 0.05) is 69.4 Å². The number of rotatable bonds is 5. The second-order valence-corrected chi connectivity index (χ2v) is 13.1. The monoisotopic (exact) mass is 573 g/mol. The van der Waals surface area contributed by atoms with Crippen LogP contribution in [0.5, 0.6) is 0 Å². The second kappa shape index (κ2) is 13.3. The topological polar surface area (TPSA) is 85.0 Å². The summed E-state index contributed by atoms with van der Waals surface area (Å²) in [6.45, 7) is 12.2. The van der Waals surface area contributed by atoms with Gasteiger partial charge in [0.15, 0.2) is 0 Å². The summed E-state index contributed by atoms with van der Waals surface area (Å²) in [6, 6.07) is 13.4. The highest BCUT2D eigenvalue weighted by Crippen LogP contribution is 2.31. The van der Waals surface area contributed by atoms with Gasteiger partial charge >= 0.3 is 0 Å². The summed E-state index contributed by atoms with van der Waals surface area (Å²) in [7, 11) is 0. The first-order valence-electron chi connectivity index (χ1n) is 15.8. The quantitative estimate of drug-likeness (QED) is 0.532. The number of nitrogens with zero attached hydrogens (tertiary/aromatic N) is 3. The average Bonchev–Trinajstić information content (AvgIpc) is 3.27. The molecule has 2 aromatic rings. The lowest BCUT2D eigenvalue weighted by Gasteiger charge is -2.30. The van der Waals surface area contributed by atoms with Crippen molar-refractivity contribution in [3.63, 3.8) is 0 Å². The van der Waals surface area contributed by atoms with E-state index in [1.54, 1.807) is 0 Å². The summed E-state index contributed by atoms with van der Waals surface area (Å²) >= 11 is 0. The number of piperazine rings is 1. The molecule has 5 rings (SSSR count). The third-order valence-corrected chi connectivity index (χ3v) is 9.01. The van der Waals surface area contributed by atoms with Gasteiger partial charge < -0.3 is 25.3 Å². The van der Waals surface area contributed by atoms with Crippen LogP contribution >= 0.6 is 0 Å². The normalized spacial score (nSPS) is 18.9. The van der Waals surface area contributed by atoms with Crippen molar-refractivity contribution in [3.8, 4) is 0 Å². The fourth-order valence-corrected chi connectivity index (χ4v) is 6.40. The van der Waals surface area contributed by atoms with Crippen molar-refractivity contribution >= 4 is 29.1 Å². The lowest BCUT2D eigenvalue weighted by molar-refractivity contribution is -0.136. The lowest BCUT2D eigenvalue weighted by Crippen LogP contribution is -2.46.